The number of aliphatic hydroxyl groups is 1. The minimum Gasteiger partial charge on any atom is -0.496 e. The van der Waals surface area contributed by atoms with Crippen molar-refractivity contribution in [1.29, 1.82) is 0 Å². The van der Waals surface area contributed by atoms with E-state index in [9.17, 15) is 5.11 Å². The third-order valence-electron chi connectivity index (χ3n) is 3.40. The molecular weight excluding hydrogens is 270 g/mol. The molecule has 1 aromatic rings. The van der Waals surface area contributed by atoms with Crippen LogP contribution in [0, 0.1) is 0 Å². The van der Waals surface area contributed by atoms with E-state index >= 15 is 0 Å². The van der Waals surface area contributed by atoms with Crippen molar-refractivity contribution in [3.63, 3.8) is 0 Å². The summed E-state index contributed by atoms with van der Waals surface area (Å²) in [4.78, 5) is 0. The van der Waals surface area contributed by atoms with Crippen molar-refractivity contribution in [1.82, 2.24) is 0 Å². The fourth-order valence-corrected chi connectivity index (χ4v) is 3.26. The monoisotopic (exact) mass is 285 g/mol. The molecule has 1 aliphatic carbocycles. The summed E-state index contributed by atoms with van der Waals surface area (Å²) in [6.07, 6.45) is 1.24. The molecule has 0 bridgehead atoms. The summed E-state index contributed by atoms with van der Waals surface area (Å²) in [5.74, 6) is 0.812. The van der Waals surface area contributed by atoms with E-state index in [0.717, 1.165) is 28.6 Å². The lowest BCUT2D eigenvalue weighted by molar-refractivity contribution is 0.0217. The molecule has 0 heterocycles. The fourth-order valence-electron chi connectivity index (χ4n) is 2.42. The zero-order chi connectivity index (χ0) is 11.8. The summed E-state index contributed by atoms with van der Waals surface area (Å²) in [6.45, 7) is 0.551. The Labute approximate surface area is 104 Å². The van der Waals surface area contributed by atoms with Crippen molar-refractivity contribution >= 4 is 15.9 Å². The van der Waals surface area contributed by atoms with Gasteiger partial charge in [-0.05, 0) is 40.4 Å². The highest BCUT2D eigenvalue weighted by atomic mass is 79.9. The number of nitrogens with two attached hydrogens (primary N) is 1. The molecule has 0 atom stereocenters. The first-order valence-electron chi connectivity index (χ1n) is 5.34. The molecule has 1 fully saturated rings. The molecule has 1 aliphatic rings. The molecule has 0 radical (unpaired) electrons. The number of halogens is 1. The molecule has 1 aromatic carbocycles. The molecule has 0 unspecified atom stereocenters. The predicted octanol–water partition coefficient (Wildman–Crippen LogP) is 1.81. The molecular formula is C12H16BrNO2. The van der Waals surface area contributed by atoms with Crippen LogP contribution in [0.5, 0.6) is 5.75 Å². The molecule has 3 nitrogen and oxygen atoms in total. The van der Waals surface area contributed by atoms with Crippen LogP contribution >= 0.6 is 15.9 Å². The standard InChI is InChI=1S/C12H16BrNO2/c1-16-10-4-2-3-9(11(10)13)12(7-14)5-8(15)6-12/h2-4,8,15H,5-7,14H2,1H3. The lowest BCUT2D eigenvalue weighted by atomic mass is 9.63. The largest absolute Gasteiger partial charge is 0.496 e. The number of aliphatic hydroxyl groups excluding tert-OH is 1. The van der Waals surface area contributed by atoms with Crippen molar-refractivity contribution in [2.75, 3.05) is 13.7 Å². The van der Waals surface area contributed by atoms with Crippen LogP contribution in [0.4, 0.5) is 0 Å². The highest BCUT2D eigenvalue weighted by Crippen LogP contribution is 2.47. The Balaban J connectivity index is 2.40. The van der Waals surface area contributed by atoms with Crippen molar-refractivity contribution in [2.24, 2.45) is 5.73 Å². The van der Waals surface area contributed by atoms with Gasteiger partial charge < -0.3 is 15.6 Å². The average molecular weight is 286 g/mol. The van der Waals surface area contributed by atoms with E-state index in [-0.39, 0.29) is 11.5 Å². The first-order chi connectivity index (χ1) is 7.63. The number of rotatable bonds is 3. The van der Waals surface area contributed by atoms with Gasteiger partial charge in [0, 0.05) is 12.0 Å². The Hall–Kier alpha value is -0.580. The maximum Gasteiger partial charge on any atom is 0.133 e. The van der Waals surface area contributed by atoms with Gasteiger partial charge in [-0.2, -0.15) is 0 Å². The number of benzene rings is 1. The van der Waals surface area contributed by atoms with Crippen LogP contribution < -0.4 is 10.5 Å². The second kappa shape index (κ2) is 4.35. The molecule has 2 rings (SSSR count). The van der Waals surface area contributed by atoms with Gasteiger partial charge in [-0.15, -0.1) is 0 Å². The van der Waals surface area contributed by atoms with Gasteiger partial charge in [0.25, 0.3) is 0 Å². The number of methoxy groups -OCH3 is 1. The molecule has 0 aromatic heterocycles. The topological polar surface area (TPSA) is 55.5 Å². The molecule has 16 heavy (non-hydrogen) atoms. The van der Waals surface area contributed by atoms with Crippen LogP contribution in [-0.4, -0.2) is 24.9 Å². The molecule has 3 N–H and O–H groups in total. The van der Waals surface area contributed by atoms with E-state index in [0.29, 0.717) is 6.54 Å². The van der Waals surface area contributed by atoms with Gasteiger partial charge in [0.05, 0.1) is 17.7 Å². The Morgan fingerprint density at radius 1 is 1.56 bits per heavy atom. The summed E-state index contributed by atoms with van der Waals surface area (Å²) in [5.41, 5.74) is 6.90. The van der Waals surface area contributed by atoms with E-state index < -0.39 is 0 Å². The van der Waals surface area contributed by atoms with E-state index in [1.807, 2.05) is 18.2 Å². The molecule has 0 saturated heterocycles. The van der Waals surface area contributed by atoms with Gasteiger partial charge in [-0.1, -0.05) is 12.1 Å². The third kappa shape index (κ3) is 1.75. The molecule has 88 valence electrons. The highest BCUT2D eigenvalue weighted by Gasteiger charge is 2.45. The summed E-state index contributed by atoms with van der Waals surface area (Å²) < 4.78 is 6.22. The number of hydrogen-bond donors (Lipinski definition) is 2. The zero-order valence-electron chi connectivity index (χ0n) is 9.24. The van der Waals surface area contributed by atoms with E-state index in [1.54, 1.807) is 7.11 Å². The van der Waals surface area contributed by atoms with Crippen LogP contribution in [0.2, 0.25) is 0 Å². The molecule has 0 amide bonds. The second-order valence-electron chi connectivity index (χ2n) is 4.37. The van der Waals surface area contributed by atoms with Crippen LogP contribution in [0.1, 0.15) is 18.4 Å². The van der Waals surface area contributed by atoms with Crippen LogP contribution in [0.3, 0.4) is 0 Å². The smallest absolute Gasteiger partial charge is 0.133 e. The number of hydrogen-bond acceptors (Lipinski definition) is 3. The zero-order valence-corrected chi connectivity index (χ0v) is 10.8. The minimum atomic E-state index is -0.221. The van der Waals surface area contributed by atoms with Gasteiger partial charge in [0.2, 0.25) is 0 Å². The summed E-state index contributed by atoms with van der Waals surface area (Å²) in [5, 5.41) is 9.49. The Kier molecular flexibility index (Phi) is 3.24. The maximum absolute atomic E-state index is 9.49. The van der Waals surface area contributed by atoms with Crippen molar-refractivity contribution in [2.45, 2.75) is 24.4 Å². The van der Waals surface area contributed by atoms with Gasteiger partial charge in [-0.3, -0.25) is 0 Å². The third-order valence-corrected chi connectivity index (χ3v) is 4.22. The Bertz CT molecular complexity index is 389. The first kappa shape index (κ1) is 11.9. The summed E-state index contributed by atoms with van der Waals surface area (Å²) in [7, 11) is 1.65. The quantitative estimate of drug-likeness (QED) is 0.891. The van der Waals surface area contributed by atoms with Crippen molar-refractivity contribution in [3.8, 4) is 5.75 Å². The van der Waals surface area contributed by atoms with Gasteiger partial charge in [0.1, 0.15) is 5.75 Å². The molecule has 1 saturated carbocycles. The summed E-state index contributed by atoms with van der Waals surface area (Å²) >= 11 is 3.55. The first-order valence-corrected chi connectivity index (χ1v) is 6.13. The van der Waals surface area contributed by atoms with E-state index in [4.69, 9.17) is 10.5 Å². The maximum atomic E-state index is 9.49. The van der Waals surface area contributed by atoms with Gasteiger partial charge in [0.15, 0.2) is 0 Å². The van der Waals surface area contributed by atoms with Gasteiger partial charge >= 0.3 is 0 Å². The lowest BCUT2D eigenvalue weighted by Crippen LogP contribution is -2.50. The van der Waals surface area contributed by atoms with Crippen molar-refractivity contribution in [3.05, 3.63) is 28.2 Å². The van der Waals surface area contributed by atoms with Crippen LogP contribution in [0.15, 0.2) is 22.7 Å². The van der Waals surface area contributed by atoms with E-state index in [1.165, 1.54) is 0 Å². The van der Waals surface area contributed by atoms with Crippen molar-refractivity contribution < 1.29 is 9.84 Å². The lowest BCUT2D eigenvalue weighted by Gasteiger charge is -2.45. The normalized spacial score (nSPS) is 28.6. The van der Waals surface area contributed by atoms with Crippen LogP contribution in [0.25, 0.3) is 0 Å². The minimum absolute atomic E-state index is 0.0905. The fraction of sp³-hybridized carbons (Fsp3) is 0.500. The highest BCUT2D eigenvalue weighted by molar-refractivity contribution is 9.10. The van der Waals surface area contributed by atoms with Gasteiger partial charge in [-0.25, -0.2) is 0 Å². The molecule has 4 heteroatoms. The molecule has 0 spiro atoms. The SMILES string of the molecule is COc1cccc(C2(CN)CC(O)C2)c1Br. The average Bonchev–Trinajstić information content (AvgIpc) is 2.25. The number of ether oxygens (including phenoxy) is 1. The Morgan fingerprint density at radius 2 is 2.25 bits per heavy atom. The summed E-state index contributed by atoms with van der Waals surface area (Å²) in [6, 6.07) is 5.92. The predicted molar refractivity (Wildman–Crippen MR) is 66.7 cm³/mol. The van der Waals surface area contributed by atoms with Crippen LogP contribution in [-0.2, 0) is 5.41 Å². The second-order valence-corrected chi connectivity index (χ2v) is 5.16. The Morgan fingerprint density at radius 3 is 2.75 bits per heavy atom. The molecule has 0 aliphatic heterocycles. The van der Waals surface area contributed by atoms with E-state index in [2.05, 4.69) is 15.9 Å².